The second-order valence-corrected chi connectivity index (χ2v) is 11.3. The lowest BCUT2D eigenvalue weighted by Gasteiger charge is -2.25. The number of aromatic nitrogens is 2. The van der Waals surface area contributed by atoms with Crippen molar-refractivity contribution in [3.05, 3.63) is 35.0 Å². The summed E-state index contributed by atoms with van der Waals surface area (Å²) in [5.74, 6) is -0.393. The molecule has 3 atom stereocenters. The number of nitrogens with one attached hydrogen (secondary N) is 1. The number of carbonyl (C=O) groups is 2. The summed E-state index contributed by atoms with van der Waals surface area (Å²) in [6.45, 7) is 9.45. The maximum absolute atomic E-state index is 12.8. The number of rotatable bonds is 5. The lowest BCUT2D eigenvalue weighted by molar-refractivity contribution is -0.143. The van der Waals surface area contributed by atoms with Gasteiger partial charge in [-0.05, 0) is 30.5 Å². The van der Waals surface area contributed by atoms with Gasteiger partial charge in [-0.3, -0.25) is 19.5 Å². The number of fused-ring (bicyclic) bond motifs is 2. The van der Waals surface area contributed by atoms with Crippen molar-refractivity contribution in [1.29, 1.82) is 0 Å². The molecule has 3 aromatic rings. The maximum atomic E-state index is 12.8. The molecule has 1 aliphatic carbocycles. The minimum atomic E-state index is -0.194. The Kier molecular flexibility index (Phi) is 5.95. The van der Waals surface area contributed by atoms with Gasteiger partial charge in [0.25, 0.3) is 0 Å². The van der Waals surface area contributed by atoms with Crippen LogP contribution in [0.3, 0.4) is 0 Å². The minimum absolute atomic E-state index is 0. The molecule has 1 saturated carbocycles. The third-order valence-corrected chi connectivity index (χ3v) is 8.88. The van der Waals surface area contributed by atoms with E-state index in [-0.39, 0.29) is 47.6 Å². The molecule has 186 valence electrons. The number of carbonyl (C=O) groups excluding carboxylic acids is 2. The predicted octanol–water partition coefficient (Wildman–Crippen LogP) is 3.21. The van der Waals surface area contributed by atoms with E-state index < -0.39 is 0 Å². The third-order valence-electron chi connectivity index (χ3n) is 7.74. The molecule has 0 bridgehead atoms. The van der Waals surface area contributed by atoms with Gasteiger partial charge >= 0.3 is 0 Å². The number of nitrogens with zero attached hydrogens (tertiary/aromatic N) is 3. The second-order valence-electron chi connectivity index (χ2n) is 10.2. The number of anilines is 1. The van der Waals surface area contributed by atoms with E-state index in [1.807, 2.05) is 39.0 Å². The predicted molar refractivity (Wildman–Crippen MR) is 138 cm³/mol. The van der Waals surface area contributed by atoms with Crippen LogP contribution in [-0.2, 0) is 27.4 Å². The monoisotopic (exact) mass is 515 g/mol. The Hall–Kier alpha value is -2.46. The van der Waals surface area contributed by atoms with Crippen LogP contribution in [0, 0.1) is 24.2 Å². The van der Waals surface area contributed by atoms with Crippen molar-refractivity contribution in [2.24, 2.45) is 17.3 Å². The van der Waals surface area contributed by atoms with Crippen LogP contribution in [0.15, 0.2) is 24.4 Å². The fourth-order valence-electron chi connectivity index (χ4n) is 5.65. The van der Waals surface area contributed by atoms with Crippen LogP contribution in [0.1, 0.15) is 24.4 Å². The molecule has 6 rings (SSSR count). The van der Waals surface area contributed by atoms with E-state index >= 15 is 0 Å². The van der Waals surface area contributed by atoms with E-state index in [4.69, 9.17) is 10.5 Å². The van der Waals surface area contributed by atoms with Crippen LogP contribution in [0.5, 0.6) is 0 Å². The molecule has 0 aromatic carbocycles. The molecule has 2 amide bonds. The molecule has 3 aliphatic rings. The van der Waals surface area contributed by atoms with Gasteiger partial charge in [-0.25, -0.2) is 0 Å². The van der Waals surface area contributed by atoms with E-state index in [1.54, 1.807) is 17.5 Å². The Bertz CT molecular complexity index is 1300. The van der Waals surface area contributed by atoms with Crippen LogP contribution >= 0.6 is 23.7 Å². The number of nitrogens with two attached hydrogens (primary N) is 1. The smallest absolute Gasteiger partial charge is 0.234 e. The zero-order valence-electron chi connectivity index (χ0n) is 20.0. The number of pyridine rings is 1. The highest BCUT2D eigenvalue weighted by atomic mass is 35.5. The van der Waals surface area contributed by atoms with Gasteiger partial charge in [0.2, 0.25) is 11.8 Å². The molecule has 10 heteroatoms. The van der Waals surface area contributed by atoms with E-state index in [0.29, 0.717) is 19.7 Å². The van der Waals surface area contributed by atoms with Crippen LogP contribution in [0.25, 0.3) is 21.5 Å². The zero-order valence-corrected chi connectivity index (χ0v) is 21.7. The summed E-state index contributed by atoms with van der Waals surface area (Å²) in [7, 11) is 0. The average molecular weight is 516 g/mol. The summed E-state index contributed by atoms with van der Waals surface area (Å²) in [5.41, 5.74) is 10.8. The molecule has 5 heterocycles. The Morgan fingerprint density at radius 2 is 2.00 bits per heavy atom. The van der Waals surface area contributed by atoms with E-state index in [9.17, 15) is 9.59 Å². The van der Waals surface area contributed by atoms with Gasteiger partial charge in [0, 0.05) is 35.4 Å². The van der Waals surface area contributed by atoms with E-state index in [2.05, 4.69) is 14.9 Å². The molecular formula is C25H30ClN5O3S. The van der Waals surface area contributed by atoms with Crippen LogP contribution < -0.4 is 11.1 Å². The number of thiophene rings is 1. The fraction of sp³-hybridized carbons (Fsp3) is 0.480. The Morgan fingerprint density at radius 3 is 2.69 bits per heavy atom. The highest BCUT2D eigenvalue weighted by molar-refractivity contribution is 7.19. The standard InChI is InChI=1S/C25H29N5O3S.ClH/c1-13-17(26)9-19(29(13)11-14-10-27-6-7-33-14)16-4-5-28-18-8-15(34-22(16)18)12-30-23(31)20-21(24(30)32)25(20,2)3;/h4-5,8-9,14,20-21,27H,6-7,10-12,26H2,1-3H3;1H. The molecule has 0 spiro atoms. The molecule has 35 heavy (non-hydrogen) atoms. The van der Waals surface area contributed by atoms with Crippen LogP contribution in [0.2, 0.25) is 0 Å². The van der Waals surface area contributed by atoms with Crippen molar-refractivity contribution < 1.29 is 14.3 Å². The van der Waals surface area contributed by atoms with Crippen molar-refractivity contribution in [2.45, 2.75) is 40.0 Å². The molecule has 3 unspecified atom stereocenters. The number of hydrogen-bond donors (Lipinski definition) is 2. The highest BCUT2D eigenvalue weighted by Crippen LogP contribution is 2.63. The van der Waals surface area contributed by atoms with Crippen molar-refractivity contribution in [1.82, 2.24) is 19.8 Å². The number of morpholine rings is 1. The molecule has 2 aliphatic heterocycles. The van der Waals surface area contributed by atoms with Crippen LogP contribution in [0.4, 0.5) is 5.69 Å². The first-order valence-electron chi connectivity index (χ1n) is 11.8. The van der Waals surface area contributed by atoms with Crippen molar-refractivity contribution in [2.75, 3.05) is 25.4 Å². The zero-order chi connectivity index (χ0) is 23.8. The summed E-state index contributed by atoms with van der Waals surface area (Å²) in [4.78, 5) is 32.6. The first-order valence-corrected chi connectivity index (χ1v) is 12.6. The first-order chi connectivity index (χ1) is 16.3. The Balaban J connectivity index is 0.00000253. The first kappa shape index (κ1) is 24.2. The maximum Gasteiger partial charge on any atom is 0.234 e. The number of nitrogen functional groups attached to an aromatic ring is 1. The second kappa shape index (κ2) is 8.58. The fourth-order valence-corrected chi connectivity index (χ4v) is 6.77. The van der Waals surface area contributed by atoms with Crippen molar-refractivity contribution in [3.63, 3.8) is 0 Å². The molecule has 3 aromatic heterocycles. The lowest BCUT2D eigenvalue weighted by atomic mass is 10.1. The Morgan fingerprint density at radius 1 is 1.26 bits per heavy atom. The number of ether oxygens (including phenoxy) is 1. The van der Waals surface area contributed by atoms with E-state index in [0.717, 1.165) is 50.8 Å². The SMILES string of the molecule is Cc1c(N)cc(-c2ccnc3cc(CN4C(=O)C5C(C4=O)C5(C)C)sc23)n1CC1CNCCO1.Cl. The number of piperidine rings is 1. The number of imide groups is 1. The molecule has 0 radical (unpaired) electrons. The van der Waals surface area contributed by atoms with Gasteiger partial charge in [-0.15, -0.1) is 23.7 Å². The largest absolute Gasteiger partial charge is 0.397 e. The van der Waals surface area contributed by atoms with Gasteiger partial charge in [-0.1, -0.05) is 13.8 Å². The van der Waals surface area contributed by atoms with Gasteiger partial charge in [0.05, 0.1) is 59.2 Å². The number of likely N-dealkylation sites (tertiary alicyclic amines) is 1. The van der Waals surface area contributed by atoms with Crippen LogP contribution in [-0.4, -0.2) is 52.1 Å². The molecule has 3 N–H and O–H groups in total. The van der Waals surface area contributed by atoms with E-state index in [1.165, 1.54) is 4.90 Å². The highest BCUT2D eigenvalue weighted by Gasteiger charge is 2.72. The number of halogens is 1. The average Bonchev–Trinajstić information content (AvgIpc) is 3.08. The van der Waals surface area contributed by atoms with Gasteiger partial charge in [-0.2, -0.15) is 0 Å². The van der Waals surface area contributed by atoms with Gasteiger partial charge in [0.1, 0.15) is 0 Å². The van der Waals surface area contributed by atoms with Crippen molar-refractivity contribution in [3.8, 4) is 11.3 Å². The quantitative estimate of drug-likeness (QED) is 0.506. The number of hydrogen-bond acceptors (Lipinski definition) is 7. The van der Waals surface area contributed by atoms with Gasteiger partial charge < -0.3 is 20.4 Å². The van der Waals surface area contributed by atoms with Crippen molar-refractivity contribution >= 4 is 51.5 Å². The summed E-state index contributed by atoms with van der Waals surface area (Å²) in [6.07, 6.45) is 1.89. The Labute approximate surface area is 214 Å². The third kappa shape index (κ3) is 3.76. The lowest BCUT2D eigenvalue weighted by Crippen LogP contribution is -2.41. The molecule has 2 saturated heterocycles. The summed E-state index contributed by atoms with van der Waals surface area (Å²) in [6, 6.07) is 6.02. The normalized spacial score (nSPS) is 25.1. The molecular weight excluding hydrogens is 486 g/mol. The number of amides is 2. The minimum Gasteiger partial charge on any atom is -0.397 e. The van der Waals surface area contributed by atoms with Gasteiger partial charge in [0.15, 0.2) is 0 Å². The molecule has 8 nitrogen and oxygen atoms in total. The topological polar surface area (TPSA) is 102 Å². The summed E-state index contributed by atoms with van der Waals surface area (Å²) < 4.78 is 9.20. The molecule has 3 fully saturated rings. The summed E-state index contributed by atoms with van der Waals surface area (Å²) in [5, 5.41) is 3.39. The summed E-state index contributed by atoms with van der Waals surface area (Å²) >= 11 is 1.59.